The van der Waals surface area contributed by atoms with Gasteiger partial charge in [-0.05, 0) is 25.7 Å². The van der Waals surface area contributed by atoms with E-state index in [1.165, 1.54) is 23.9 Å². The Kier molecular flexibility index (Phi) is 3.44. The van der Waals surface area contributed by atoms with Crippen LogP contribution in [-0.2, 0) is 0 Å². The Morgan fingerprint density at radius 2 is 2.20 bits per heavy atom. The molecule has 0 radical (unpaired) electrons. The molecule has 0 amide bonds. The van der Waals surface area contributed by atoms with E-state index in [1.54, 1.807) is 13.4 Å². The first-order chi connectivity index (χ1) is 9.80. The first-order valence-corrected chi connectivity index (χ1v) is 6.84. The Morgan fingerprint density at radius 1 is 1.35 bits per heavy atom. The standard InChI is InChI=1S/C12H18N8/c1-3-19(6-9-4-5-9)11-16-10(13-2)17-12(18-11)20-8-14-7-15-20/h7-9H,3-6H2,1-2H3,(H,13,16,17,18). The van der Waals surface area contributed by atoms with Gasteiger partial charge in [0, 0.05) is 20.1 Å². The van der Waals surface area contributed by atoms with Crippen LogP contribution in [0.25, 0.3) is 5.95 Å². The molecule has 1 aliphatic rings. The number of anilines is 2. The van der Waals surface area contributed by atoms with Crippen molar-refractivity contribution in [1.29, 1.82) is 0 Å². The number of hydrogen-bond donors (Lipinski definition) is 1. The average molecular weight is 274 g/mol. The van der Waals surface area contributed by atoms with Crippen LogP contribution in [0.15, 0.2) is 12.7 Å². The molecule has 0 saturated heterocycles. The largest absolute Gasteiger partial charge is 0.357 e. The zero-order chi connectivity index (χ0) is 13.9. The Bertz CT molecular complexity index is 563. The van der Waals surface area contributed by atoms with Gasteiger partial charge in [-0.2, -0.15) is 24.7 Å². The van der Waals surface area contributed by atoms with E-state index in [9.17, 15) is 0 Å². The molecule has 0 atom stereocenters. The zero-order valence-corrected chi connectivity index (χ0v) is 11.7. The fourth-order valence-electron chi connectivity index (χ4n) is 1.99. The summed E-state index contributed by atoms with van der Waals surface area (Å²) < 4.78 is 1.54. The van der Waals surface area contributed by atoms with Crippen molar-refractivity contribution in [1.82, 2.24) is 29.7 Å². The highest BCUT2D eigenvalue weighted by atomic mass is 15.4. The van der Waals surface area contributed by atoms with Crippen molar-refractivity contribution in [2.45, 2.75) is 19.8 Å². The minimum atomic E-state index is 0.478. The van der Waals surface area contributed by atoms with Crippen molar-refractivity contribution in [3.05, 3.63) is 12.7 Å². The van der Waals surface area contributed by atoms with Gasteiger partial charge in [-0.25, -0.2) is 4.98 Å². The molecule has 0 spiro atoms. The predicted molar refractivity (Wildman–Crippen MR) is 74.9 cm³/mol. The first-order valence-electron chi connectivity index (χ1n) is 6.84. The van der Waals surface area contributed by atoms with Crippen molar-refractivity contribution in [2.75, 3.05) is 30.4 Å². The Hall–Kier alpha value is -2.25. The molecule has 0 aliphatic heterocycles. The second-order valence-electron chi connectivity index (χ2n) is 4.83. The normalized spacial score (nSPS) is 14.3. The highest BCUT2D eigenvalue weighted by Gasteiger charge is 2.25. The third-order valence-electron chi connectivity index (χ3n) is 3.30. The first kappa shape index (κ1) is 12.8. The quantitative estimate of drug-likeness (QED) is 0.831. The SMILES string of the molecule is CCN(CC1CC1)c1nc(NC)nc(-n2cncn2)n1. The lowest BCUT2D eigenvalue weighted by Gasteiger charge is -2.21. The molecule has 2 heterocycles. The van der Waals surface area contributed by atoms with Crippen molar-refractivity contribution in [2.24, 2.45) is 5.92 Å². The molecular weight excluding hydrogens is 256 g/mol. The van der Waals surface area contributed by atoms with Gasteiger partial charge in [0.1, 0.15) is 12.7 Å². The number of hydrogen-bond acceptors (Lipinski definition) is 7. The molecule has 8 heteroatoms. The molecule has 2 aromatic rings. The molecule has 2 aromatic heterocycles. The molecule has 20 heavy (non-hydrogen) atoms. The van der Waals surface area contributed by atoms with Crippen LogP contribution in [0.4, 0.5) is 11.9 Å². The van der Waals surface area contributed by atoms with Crippen LogP contribution >= 0.6 is 0 Å². The lowest BCUT2D eigenvalue weighted by Crippen LogP contribution is -2.28. The van der Waals surface area contributed by atoms with Crippen molar-refractivity contribution >= 4 is 11.9 Å². The second kappa shape index (κ2) is 5.40. The van der Waals surface area contributed by atoms with Gasteiger partial charge >= 0.3 is 0 Å². The second-order valence-corrected chi connectivity index (χ2v) is 4.83. The Balaban J connectivity index is 1.94. The van der Waals surface area contributed by atoms with Crippen LogP contribution in [-0.4, -0.2) is 49.9 Å². The highest BCUT2D eigenvalue weighted by molar-refractivity contribution is 5.39. The number of aromatic nitrogens is 6. The molecular formula is C12H18N8. The molecule has 0 unspecified atom stereocenters. The van der Waals surface area contributed by atoms with Crippen molar-refractivity contribution in [3.8, 4) is 5.95 Å². The van der Waals surface area contributed by atoms with Gasteiger partial charge in [0.05, 0.1) is 0 Å². The number of nitrogens with zero attached hydrogens (tertiary/aromatic N) is 7. The molecule has 1 fully saturated rings. The van der Waals surface area contributed by atoms with E-state index in [0.29, 0.717) is 17.8 Å². The highest BCUT2D eigenvalue weighted by Crippen LogP contribution is 2.30. The van der Waals surface area contributed by atoms with Crippen LogP contribution in [0, 0.1) is 5.92 Å². The van der Waals surface area contributed by atoms with E-state index in [0.717, 1.165) is 19.0 Å². The smallest absolute Gasteiger partial charge is 0.258 e. The van der Waals surface area contributed by atoms with Crippen LogP contribution in [0.5, 0.6) is 0 Å². The molecule has 3 rings (SSSR count). The molecule has 0 aromatic carbocycles. The molecule has 1 N–H and O–H groups in total. The summed E-state index contributed by atoms with van der Waals surface area (Å²) >= 11 is 0. The lowest BCUT2D eigenvalue weighted by atomic mass is 10.4. The Morgan fingerprint density at radius 3 is 2.80 bits per heavy atom. The third-order valence-corrected chi connectivity index (χ3v) is 3.30. The maximum absolute atomic E-state index is 4.50. The summed E-state index contributed by atoms with van der Waals surface area (Å²) in [5.74, 6) is 2.48. The van der Waals surface area contributed by atoms with E-state index in [4.69, 9.17) is 0 Å². The zero-order valence-electron chi connectivity index (χ0n) is 11.7. The topological polar surface area (TPSA) is 84.7 Å². The van der Waals surface area contributed by atoms with Gasteiger partial charge in [0.2, 0.25) is 11.9 Å². The summed E-state index contributed by atoms with van der Waals surface area (Å²) in [5.41, 5.74) is 0. The van der Waals surface area contributed by atoms with Gasteiger partial charge in [-0.3, -0.25) is 0 Å². The summed E-state index contributed by atoms with van der Waals surface area (Å²) in [7, 11) is 1.79. The van der Waals surface area contributed by atoms with Gasteiger partial charge in [-0.1, -0.05) is 0 Å². The molecule has 1 aliphatic carbocycles. The molecule has 0 bridgehead atoms. The average Bonchev–Trinajstić information content (AvgIpc) is 3.13. The monoisotopic (exact) mass is 274 g/mol. The number of nitrogens with one attached hydrogen (secondary N) is 1. The van der Waals surface area contributed by atoms with Gasteiger partial charge in [-0.15, -0.1) is 0 Å². The van der Waals surface area contributed by atoms with Crippen molar-refractivity contribution in [3.63, 3.8) is 0 Å². The lowest BCUT2D eigenvalue weighted by molar-refractivity contribution is 0.705. The summed E-state index contributed by atoms with van der Waals surface area (Å²) in [6.45, 7) is 3.99. The summed E-state index contributed by atoms with van der Waals surface area (Å²) in [5, 5.41) is 7.04. The van der Waals surface area contributed by atoms with E-state index in [1.807, 2.05) is 0 Å². The van der Waals surface area contributed by atoms with E-state index < -0.39 is 0 Å². The van der Waals surface area contributed by atoms with Crippen LogP contribution in [0.2, 0.25) is 0 Å². The van der Waals surface area contributed by atoms with Crippen LogP contribution in [0.3, 0.4) is 0 Å². The fourth-order valence-corrected chi connectivity index (χ4v) is 1.99. The van der Waals surface area contributed by atoms with E-state index in [2.05, 4.69) is 42.2 Å². The van der Waals surface area contributed by atoms with Crippen molar-refractivity contribution < 1.29 is 0 Å². The summed E-state index contributed by atoms with van der Waals surface area (Å²) in [6, 6.07) is 0. The van der Waals surface area contributed by atoms with Gasteiger partial charge in [0.25, 0.3) is 5.95 Å². The fraction of sp³-hybridized carbons (Fsp3) is 0.583. The minimum Gasteiger partial charge on any atom is -0.357 e. The third kappa shape index (κ3) is 2.68. The molecule has 1 saturated carbocycles. The van der Waals surface area contributed by atoms with Gasteiger partial charge < -0.3 is 10.2 Å². The van der Waals surface area contributed by atoms with E-state index in [-0.39, 0.29) is 0 Å². The summed E-state index contributed by atoms with van der Waals surface area (Å²) in [6.07, 6.45) is 5.65. The molecule has 8 nitrogen and oxygen atoms in total. The Labute approximate surface area is 117 Å². The minimum absolute atomic E-state index is 0.478. The van der Waals surface area contributed by atoms with Gasteiger partial charge in [0.15, 0.2) is 0 Å². The van der Waals surface area contributed by atoms with Crippen LogP contribution in [0.1, 0.15) is 19.8 Å². The maximum Gasteiger partial charge on any atom is 0.258 e. The molecule has 106 valence electrons. The predicted octanol–water partition coefficient (Wildman–Crippen LogP) is 0.730. The maximum atomic E-state index is 4.50. The van der Waals surface area contributed by atoms with Crippen LogP contribution < -0.4 is 10.2 Å². The van der Waals surface area contributed by atoms with E-state index >= 15 is 0 Å². The summed E-state index contributed by atoms with van der Waals surface area (Å²) in [4.78, 5) is 19.4. The number of rotatable bonds is 6.